The molecule has 2 N–H and O–H groups in total. The second-order valence-corrected chi connectivity index (χ2v) is 12.3. The van der Waals surface area contributed by atoms with E-state index in [0.29, 0.717) is 33.6 Å². The third-order valence-electron chi connectivity index (χ3n) is 7.53. The van der Waals surface area contributed by atoms with Gasteiger partial charge >= 0.3 is 17.5 Å². The van der Waals surface area contributed by atoms with Gasteiger partial charge in [-0.05, 0) is 73.9 Å². The minimum atomic E-state index is -1.10. The predicted octanol–water partition coefficient (Wildman–Crippen LogP) is 4.54. The smallest absolute Gasteiger partial charge is 0.411 e. The third kappa shape index (κ3) is 7.62. The topological polar surface area (TPSA) is 145 Å². The van der Waals surface area contributed by atoms with Crippen molar-refractivity contribution >= 4 is 12.0 Å². The molecule has 244 valence electrons. The zero-order valence-corrected chi connectivity index (χ0v) is 26.9. The lowest BCUT2D eigenvalue weighted by atomic mass is 10.0. The number of carbonyl (C=O) groups is 2. The Balaban J connectivity index is 1.51. The molecule has 48 heavy (non-hydrogen) atoms. The molecule has 1 aromatic heterocycles. The van der Waals surface area contributed by atoms with Gasteiger partial charge in [-0.3, -0.25) is 9.69 Å². The van der Waals surface area contributed by atoms with E-state index in [4.69, 9.17) is 10.5 Å². The molecule has 0 saturated heterocycles. The maximum absolute atomic E-state index is 13.8. The molecule has 0 saturated carbocycles. The molecule has 1 heterocycles. The standard InChI is InChI=1S/C37H36N6O5/c1-37(2,3)48-36(47)40(32(33(39)44)22-26-12-10-13-27(20-26)23-38)24-28-14-11-15-29(21-28)25-41-34(45)42(30-16-6-4-7-17-30)43(35(41)46)31-18-8-5-9-19-31/h4-21,32H,22,24-25H2,1-3H3,(H2,39,44)/t32-/m1/s1. The number of carbonyl (C=O) groups excluding carboxylic acids is 2. The molecule has 0 aliphatic heterocycles. The fourth-order valence-electron chi connectivity index (χ4n) is 5.39. The van der Waals surface area contributed by atoms with Crippen molar-refractivity contribution in [1.29, 1.82) is 5.26 Å². The van der Waals surface area contributed by atoms with E-state index in [1.165, 1.54) is 14.3 Å². The highest BCUT2D eigenvalue weighted by Gasteiger charge is 2.32. The average molecular weight is 645 g/mol. The Labute approximate surface area is 277 Å². The Bertz CT molecular complexity index is 2010. The van der Waals surface area contributed by atoms with E-state index in [-0.39, 0.29) is 19.5 Å². The molecule has 2 amide bonds. The minimum absolute atomic E-state index is 0.0508. The zero-order chi connectivity index (χ0) is 34.4. The SMILES string of the molecule is CC(C)(C)OC(=O)N(Cc1cccc(Cn2c(=O)n(-c3ccccc3)n(-c3ccccc3)c2=O)c1)[C@H](Cc1cccc(C#N)c1)C(N)=O. The van der Waals surface area contributed by atoms with Crippen molar-refractivity contribution in [2.24, 2.45) is 5.73 Å². The van der Waals surface area contributed by atoms with Gasteiger partial charge in [-0.15, -0.1) is 0 Å². The van der Waals surface area contributed by atoms with Gasteiger partial charge in [0.1, 0.15) is 11.6 Å². The summed E-state index contributed by atoms with van der Waals surface area (Å²) >= 11 is 0. The second kappa shape index (κ2) is 14.1. The van der Waals surface area contributed by atoms with E-state index in [1.807, 2.05) is 12.1 Å². The van der Waals surface area contributed by atoms with Gasteiger partial charge in [-0.1, -0.05) is 72.8 Å². The highest BCUT2D eigenvalue weighted by Crippen LogP contribution is 2.20. The number of amides is 2. The van der Waals surface area contributed by atoms with Crippen LogP contribution < -0.4 is 17.1 Å². The van der Waals surface area contributed by atoms with Gasteiger partial charge in [-0.25, -0.2) is 19.0 Å². The van der Waals surface area contributed by atoms with E-state index in [2.05, 4.69) is 6.07 Å². The summed E-state index contributed by atoms with van der Waals surface area (Å²) in [5, 5.41) is 9.35. The van der Waals surface area contributed by atoms with Gasteiger partial charge in [-0.2, -0.15) is 14.6 Å². The number of rotatable bonds is 10. The van der Waals surface area contributed by atoms with Crippen LogP contribution in [0.15, 0.2) is 119 Å². The van der Waals surface area contributed by atoms with Crippen LogP contribution >= 0.6 is 0 Å². The van der Waals surface area contributed by atoms with Crippen molar-refractivity contribution in [2.45, 2.75) is 51.9 Å². The molecule has 0 spiro atoms. The Morgan fingerprint density at radius 3 is 1.88 bits per heavy atom. The van der Waals surface area contributed by atoms with Gasteiger partial charge in [0, 0.05) is 13.0 Å². The molecule has 0 fully saturated rings. The lowest BCUT2D eigenvalue weighted by Crippen LogP contribution is -2.50. The van der Waals surface area contributed by atoms with Crippen molar-refractivity contribution < 1.29 is 14.3 Å². The van der Waals surface area contributed by atoms with Gasteiger partial charge < -0.3 is 10.5 Å². The second-order valence-electron chi connectivity index (χ2n) is 12.3. The first-order valence-corrected chi connectivity index (χ1v) is 15.4. The highest BCUT2D eigenvalue weighted by atomic mass is 16.6. The Morgan fingerprint density at radius 1 is 0.792 bits per heavy atom. The van der Waals surface area contributed by atoms with Crippen LogP contribution in [0.25, 0.3) is 11.4 Å². The fourth-order valence-corrected chi connectivity index (χ4v) is 5.39. The lowest BCUT2D eigenvalue weighted by molar-refractivity contribution is -0.123. The maximum Gasteiger partial charge on any atom is 0.411 e. The highest BCUT2D eigenvalue weighted by molar-refractivity contribution is 5.84. The number of nitrogens with two attached hydrogens (primary N) is 1. The molecule has 1 atom stereocenters. The summed E-state index contributed by atoms with van der Waals surface area (Å²) in [7, 11) is 0. The van der Waals surface area contributed by atoms with E-state index < -0.39 is 35.0 Å². The van der Waals surface area contributed by atoms with Gasteiger partial charge in [0.2, 0.25) is 5.91 Å². The lowest BCUT2D eigenvalue weighted by Gasteiger charge is -2.32. The number of hydrogen-bond acceptors (Lipinski definition) is 6. The summed E-state index contributed by atoms with van der Waals surface area (Å²) in [6, 6.07) is 32.6. The van der Waals surface area contributed by atoms with Gasteiger partial charge in [0.25, 0.3) is 0 Å². The van der Waals surface area contributed by atoms with Crippen LogP contribution in [0.3, 0.4) is 0 Å². The van der Waals surface area contributed by atoms with Crippen LogP contribution in [0.5, 0.6) is 0 Å². The van der Waals surface area contributed by atoms with Gasteiger partial charge in [0.15, 0.2) is 0 Å². The number of aromatic nitrogens is 3. The first-order valence-electron chi connectivity index (χ1n) is 15.4. The molecule has 4 aromatic carbocycles. The molecule has 11 heteroatoms. The van der Waals surface area contributed by atoms with Crippen molar-refractivity contribution in [3.63, 3.8) is 0 Å². The number of nitrogens with zero attached hydrogens (tertiary/aromatic N) is 5. The van der Waals surface area contributed by atoms with E-state index in [0.717, 1.165) is 4.57 Å². The Hall–Kier alpha value is -6.15. The summed E-state index contributed by atoms with van der Waals surface area (Å²) in [6.07, 6.45) is -0.680. The molecule has 5 rings (SSSR count). The summed E-state index contributed by atoms with van der Waals surface area (Å²) in [6.45, 7) is 5.07. The molecule has 0 unspecified atom stereocenters. The summed E-state index contributed by atoms with van der Waals surface area (Å²) in [5.74, 6) is -0.741. The third-order valence-corrected chi connectivity index (χ3v) is 7.53. The van der Waals surface area contributed by atoms with E-state index >= 15 is 0 Å². The van der Waals surface area contributed by atoms with Crippen LogP contribution in [0.2, 0.25) is 0 Å². The van der Waals surface area contributed by atoms with Crippen LogP contribution in [-0.4, -0.2) is 42.5 Å². The summed E-state index contributed by atoms with van der Waals surface area (Å²) in [5.41, 5.74) is 7.32. The molecular weight excluding hydrogens is 608 g/mol. The molecule has 5 aromatic rings. The predicted molar refractivity (Wildman–Crippen MR) is 181 cm³/mol. The first kappa shape index (κ1) is 33.2. The average Bonchev–Trinajstić information content (AvgIpc) is 3.31. The number of primary amides is 1. The number of benzene rings is 4. The fraction of sp³-hybridized carbons (Fsp3) is 0.216. The van der Waals surface area contributed by atoms with Crippen molar-refractivity contribution in [2.75, 3.05) is 0 Å². The van der Waals surface area contributed by atoms with E-state index in [9.17, 15) is 24.4 Å². The Morgan fingerprint density at radius 2 is 1.33 bits per heavy atom. The monoisotopic (exact) mass is 644 g/mol. The van der Waals surface area contributed by atoms with Crippen molar-refractivity contribution in [3.8, 4) is 17.4 Å². The number of ether oxygens (including phenoxy) is 1. The molecular formula is C37H36N6O5. The maximum atomic E-state index is 13.8. The normalized spacial score (nSPS) is 11.8. The zero-order valence-electron chi connectivity index (χ0n) is 26.9. The van der Waals surface area contributed by atoms with Crippen LogP contribution in [0.4, 0.5) is 4.79 Å². The summed E-state index contributed by atoms with van der Waals surface area (Å²) < 4.78 is 9.51. The molecule has 0 bridgehead atoms. The molecule has 11 nitrogen and oxygen atoms in total. The molecule has 0 aliphatic rings. The molecule has 0 radical (unpaired) electrons. The first-order chi connectivity index (χ1) is 22.9. The van der Waals surface area contributed by atoms with Crippen molar-refractivity contribution in [1.82, 2.24) is 18.8 Å². The van der Waals surface area contributed by atoms with Crippen LogP contribution in [0, 0.1) is 11.3 Å². The van der Waals surface area contributed by atoms with E-state index in [1.54, 1.807) is 118 Å². The number of nitriles is 1. The largest absolute Gasteiger partial charge is 0.444 e. The minimum Gasteiger partial charge on any atom is -0.444 e. The molecule has 0 aliphatic carbocycles. The van der Waals surface area contributed by atoms with Gasteiger partial charge in [0.05, 0.1) is 29.6 Å². The quantitative estimate of drug-likeness (QED) is 0.236. The Kier molecular flexibility index (Phi) is 9.75. The van der Waals surface area contributed by atoms with Crippen molar-refractivity contribution in [3.05, 3.63) is 152 Å². The number of para-hydroxylation sites is 2. The van der Waals surface area contributed by atoms with Crippen LogP contribution in [0.1, 0.15) is 43.0 Å². The summed E-state index contributed by atoms with van der Waals surface area (Å²) in [4.78, 5) is 55.3. The van der Waals surface area contributed by atoms with Crippen LogP contribution in [-0.2, 0) is 29.0 Å². The number of hydrogen-bond donors (Lipinski definition) is 1.